The third kappa shape index (κ3) is 3.53. The maximum atomic E-state index is 14.2. The lowest BCUT2D eigenvalue weighted by atomic mass is 9.93. The van der Waals surface area contributed by atoms with E-state index in [0.717, 1.165) is 5.39 Å². The number of pyridine rings is 1. The minimum absolute atomic E-state index is 0.0790. The monoisotopic (exact) mass is 448 g/mol. The molecular weight excluding hydrogens is 427 g/mol. The van der Waals surface area contributed by atoms with Gasteiger partial charge in [0.2, 0.25) is 5.60 Å². The Morgan fingerprint density at radius 1 is 1.27 bits per heavy atom. The van der Waals surface area contributed by atoms with Gasteiger partial charge in [-0.3, -0.25) is 19.6 Å². The number of cyclic esters (lactones) is 1. The van der Waals surface area contributed by atoms with E-state index in [1.54, 1.807) is 54.3 Å². The number of aromatic amines is 1. The number of carbonyl (C=O) groups is 2. The van der Waals surface area contributed by atoms with Crippen LogP contribution >= 0.6 is 0 Å². The van der Waals surface area contributed by atoms with Crippen molar-refractivity contribution in [1.29, 1.82) is 0 Å². The summed E-state index contributed by atoms with van der Waals surface area (Å²) in [6, 6.07) is 8.54. The first-order chi connectivity index (χ1) is 15.7. The number of nitrogens with one attached hydrogen (secondary N) is 2. The summed E-state index contributed by atoms with van der Waals surface area (Å²) in [5, 5.41) is 14.7. The summed E-state index contributed by atoms with van der Waals surface area (Å²) in [5.41, 5.74) is -0.0613. The van der Waals surface area contributed by atoms with E-state index in [-0.39, 0.29) is 6.54 Å². The van der Waals surface area contributed by atoms with Crippen LogP contribution in [0, 0.1) is 0 Å². The van der Waals surface area contributed by atoms with E-state index in [1.807, 2.05) is 0 Å². The molecule has 0 spiro atoms. The molecule has 1 atom stereocenters. The van der Waals surface area contributed by atoms with E-state index in [0.29, 0.717) is 33.7 Å². The van der Waals surface area contributed by atoms with E-state index < -0.39 is 23.1 Å². The van der Waals surface area contributed by atoms with Crippen molar-refractivity contribution < 1.29 is 18.7 Å². The highest BCUT2D eigenvalue weighted by Gasteiger charge is 2.47. The molecule has 1 aliphatic heterocycles. The zero-order valence-electron chi connectivity index (χ0n) is 18.2. The van der Waals surface area contributed by atoms with Crippen LogP contribution < -0.4 is 5.32 Å². The van der Waals surface area contributed by atoms with Gasteiger partial charge in [0.15, 0.2) is 0 Å². The Labute approximate surface area is 188 Å². The van der Waals surface area contributed by atoms with Gasteiger partial charge < -0.3 is 10.1 Å². The fourth-order valence-corrected chi connectivity index (χ4v) is 3.95. The zero-order valence-corrected chi connectivity index (χ0v) is 18.2. The standard InChI is InChI=1S/C23H21FN6O3/c1-22(2,24)12-30-18-8-16(25-9-13(18)10-27-30)19-17(11-26-29-19)28-21(32)23(3)15-7-5-4-6-14(15)20(31)33-23/h4-11H,12H2,1-3H3,(H,26,29)(H,28,32). The van der Waals surface area contributed by atoms with Gasteiger partial charge in [-0.1, -0.05) is 18.2 Å². The molecule has 5 rings (SSSR count). The minimum atomic E-state index is -1.48. The van der Waals surface area contributed by atoms with Gasteiger partial charge in [-0.05, 0) is 32.9 Å². The third-order valence-corrected chi connectivity index (χ3v) is 5.59. The van der Waals surface area contributed by atoms with Crippen LogP contribution in [0.1, 0.15) is 36.7 Å². The van der Waals surface area contributed by atoms with E-state index in [1.165, 1.54) is 20.0 Å². The number of H-pyrrole nitrogens is 1. The van der Waals surface area contributed by atoms with Crippen LogP contribution in [0.2, 0.25) is 0 Å². The molecule has 0 aliphatic carbocycles. The number of ether oxygens (including phenoxy) is 1. The molecule has 0 saturated heterocycles. The average Bonchev–Trinajstić information content (AvgIpc) is 3.45. The summed E-state index contributed by atoms with van der Waals surface area (Å²) < 4.78 is 21.2. The van der Waals surface area contributed by atoms with E-state index in [4.69, 9.17) is 4.74 Å². The minimum Gasteiger partial charge on any atom is -0.441 e. The molecule has 0 radical (unpaired) electrons. The molecule has 10 heteroatoms. The number of benzene rings is 1. The maximum absolute atomic E-state index is 14.2. The van der Waals surface area contributed by atoms with Crippen molar-refractivity contribution in [2.24, 2.45) is 0 Å². The Morgan fingerprint density at radius 3 is 2.85 bits per heavy atom. The molecule has 3 aromatic heterocycles. The number of hydrogen-bond donors (Lipinski definition) is 2. The Balaban J connectivity index is 1.47. The van der Waals surface area contributed by atoms with Crippen molar-refractivity contribution >= 4 is 28.5 Å². The number of amides is 1. The molecule has 168 valence electrons. The van der Waals surface area contributed by atoms with Crippen molar-refractivity contribution in [2.75, 3.05) is 5.32 Å². The number of anilines is 1. The normalized spacial score (nSPS) is 17.8. The largest absolute Gasteiger partial charge is 0.441 e. The summed E-state index contributed by atoms with van der Waals surface area (Å²) >= 11 is 0. The summed E-state index contributed by atoms with van der Waals surface area (Å²) in [6.45, 7) is 4.60. The molecule has 0 saturated carbocycles. The summed E-state index contributed by atoms with van der Waals surface area (Å²) in [7, 11) is 0. The van der Waals surface area contributed by atoms with Gasteiger partial charge in [0.25, 0.3) is 5.91 Å². The third-order valence-electron chi connectivity index (χ3n) is 5.59. The molecular formula is C23H21FN6O3. The molecule has 9 nitrogen and oxygen atoms in total. The smallest absolute Gasteiger partial charge is 0.339 e. The second kappa shape index (κ2) is 7.22. The molecule has 1 aromatic carbocycles. The van der Waals surface area contributed by atoms with Crippen LogP contribution in [0.5, 0.6) is 0 Å². The lowest BCUT2D eigenvalue weighted by Crippen LogP contribution is -2.37. The number of esters is 1. The van der Waals surface area contributed by atoms with Crippen molar-refractivity contribution in [1.82, 2.24) is 25.0 Å². The highest BCUT2D eigenvalue weighted by atomic mass is 19.1. The molecule has 1 unspecified atom stereocenters. The highest BCUT2D eigenvalue weighted by Crippen LogP contribution is 2.38. The van der Waals surface area contributed by atoms with E-state index >= 15 is 0 Å². The van der Waals surface area contributed by atoms with E-state index in [9.17, 15) is 14.0 Å². The Kier molecular flexibility index (Phi) is 4.55. The first kappa shape index (κ1) is 20.8. The van der Waals surface area contributed by atoms with Crippen LogP contribution in [0.3, 0.4) is 0 Å². The topological polar surface area (TPSA) is 115 Å². The fourth-order valence-electron chi connectivity index (χ4n) is 3.95. The van der Waals surface area contributed by atoms with Crippen molar-refractivity contribution in [3.63, 3.8) is 0 Å². The van der Waals surface area contributed by atoms with Gasteiger partial charge >= 0.3 is 5.97 Å². The van der Waals surface area contributed by atoms with Crippen LogP contribution in [0.15, 0.2) is 48.9 Å². The quantitative estimate of drug-likeness (QED) is 0.451. The van der Waals surface area contributed by atoms with Crippen molar-refractivity contribution in [3.8, 4) is 11.4 Å². The first-order valence-corrected chi connectivity index (χ1v) is 10.3. The van der Waals surface area contributed by atoms with E-state index in [2.05, 4.69) is 25.6 Å². The SMILES string of the molecule is CC(C)(F)Cn1ncc2cnc(-c3[nH]ncc3NC(=O)C3(C)OC(=O)c4ccccc43)cc21. The number of carbonyl (C=O) groups excluding carboxylic acids is 2. The molecule has 0 fully saturated rings. The number of hydrogen-bond acceptors (Lipinski definition) is 6. The van der Waals surface area contributed by atoms with Gasteiger partial charge in [-0.25, -0.2) is 9.18 Å². The van der Waals surface area contributed by atoms with Crippen LogP contribution in [-0.2, 0) is 21.7 Å². The van der Waals surface area contributed by atoms with Crippen LogP contribution in [0.25, 0.3) is 22.3 Å². The lowest BCUT2D eigenvalue weighted by Gasteiger charge is -2.22. The maximum Gasteiger partial charge on any atom is 0.339 e. The molecule has 4 aromatic rings. The molecule has 2 N–H and O–H groups in total. The molecule has 4 heterocycles. The first-order valence-electron chi connectivity index (χ1n) is 10.3. The predicted molar refractivity (Wildman–Crippen MR) is 118 cm³/mol. The van der Waals surface area contributed by atoms with Gasteiger partial charge in [-0.15, -0.1) is 0 Å². The number of halogens is 1. The summed E-state index contributed by atoms with van der Waals surface area (Å²) in [6.07, 6.45) is 4.70. The Morgan fingerprint density at radius 2 is 2.06 bits per heavy atom. The summed E-state index contributed by atoms with van der Waals surface area (Å²) in [5.74, 6) is -1.07. The zero-order chi connectivity index (χ0) is 23.4. The molecule has 1 amide bonds. The highest BCUT2D eigenvalue weighted by molar-refractivity contribution is 6.07. The summed E-state index contributed by atoms with van der Waals surface area (Å²) in [4.78, 5) is 29.9. The number of fused-ring (bicyclic) bond motifs is 2. The van der Waals surface area contributed by atoms with Gasteiger partial charge in [0.05, 0.1) is 41.4 Å². The van der Waals surface area contributed by atoms with Crippen LogP contribution in [-0.4, -0.2) is 42.5 Å². The second-order valence-electron chi connectivity index (χ2n) is 8.73. The number of alkyl halides is 1. The number of aromatic nitrogens is 5. The van der Waals surface area contributed by atoms with Gasteiger partial charge in [0.1, 0.15) is 11.4 Å². The lowest BCUT2D eigenvalue weighted by molar-refractivity contribution is -0.133. The van der Waals surface area contributed by atoms with Gasteiger partial charge in [-0.2, -0.15) is 10.2 Å². The average molecular weight is 448 g/mol. The van der Waals surface area contributed by atoms with Gasteiger partial charge in [0, 0.05) is 17.1 Å². The predicted octanol–water partition coefficient (Wildman–Crippen LogP) is 3.59. The van der Waals surface area contributed by atoms with Crippen molar-refractivity contribution in [3.05, 3.63) is 60.0 Å². The molecule has 33 heavy (non-hydrogen) atoms. The number of rotatable bonds is 5. The Hall–Kier alpha value is -4.08. The Bertz CT molecular complexity index is 1400. The van der Waals surface area contributed by atoms with Crippen LogP contribution in [0.4, 0.5) is 10.1 Å². The van der Waals surface area contributed by atoms with Crippen molar-refractivity contribution in [2.45, 2.75) is 38.6 Å². The fraction of sp³-hybridized carbons (Fsp3) is 0.261. The molecule has 0 bridgehead atoms. The second-order valence-corrected chi connectivity index (χ2v) is 8.73. The number of nitrogens with zero attached hydrogens (tertiary/aromatic N) is 4. The molecule has 1 aliphatic rings.